The SMILES string of the molecule is CCN(C)c1ncc(C(F)(F)F)cc1Br. The summed E-state index contributed by atoms with van der Waals surface area (Å²) in [5.74, 6) is 0.505. The first-order chi connectivity index (χ1) is 6.86. The maximum Gasteiger partial charge on any atom is 0.417 e. The summed E-state index contributed by atoms with van der Waals surface area (Å²) >= 11 is 3.08. The quantitative estimate of drug-likeness (QED) is 0.827. The van der Waals surface area contributed by atoms with Gasteiger partial charge in [-0.25, -0.2) is 4.98 Å². The van der Waals surface area contributed by atoms with E-state index in [1.54, 1.807) is 11.9 Å². The number of aromatic nitrogens is 1. The summed E-state index contributed by atoms with van der Waals surface area (Å²) in [6.07, 6.45) is -3.51. The van der Waals surface area contributed by atoms with E-state index in [1.165, 1.54) is 0 Å². The third kappa shape index (κ3) is 2.84. The summed E-state index contributed by atoms with van der Waals surface area (Å²) in [5, 5.41) is 0. The van der Waals surface area contributed by atoms with Crippen LogP contribution < -0.4 is 4.90 Å². The van der Waals surface area contributed by atoms with Crippen molar-refractivity contribution in [3.8, 4) is 0 Å². The Morgan fingerprint density at radius 3 is 2.47 bits per heavy atom. The first-order valence-corrected chi connectivity index (χ1v) is 5.09. The lowest BCUT2D eigenvalue weighted by molar-refractivity contribution is -0.137. The minimum atomic E-state index is -4.35. The highest BCUT2D eigenvalue weighted by Crippen LogP contribution is 2.33. The Morgan fingerprint density at radius 1 is 1.47 bits per heavy atom. The Hall–Kier alpha value is -0.780. The van der Waals surface area contributed by atoms with Crippen LogP contribution in [0.25, 0.3) is 0 Å². The van der Waals surface area contributed by atoms with Gasteiger partial charge < -0.3 is 4.90 Å². The molecule has 2 nitrogen and oxygen atoms in total. The Morgan fingerprint density at radius 2 is 2.07 bits per heavy atom. The molecular formula is C9H10BrF3N2. The van der Waals surface area contributed by atoms with Crippen LogP contribution in [0.4, 0.5) is 19.0 Å². The van der Waals surface area contributed by atoms with E-state index in [9.17, 15) is 13.2 Å². The Bertz CT molecular complexity index is 352. The van der Waals surface area contributed by atoms with Gasteiger partial charge in [0.1, 0.15) is 5.82 Å². The molecule has 0 unspecified atom stereocenters. The molecular weight excluding hydrogens is 273 g/mol. The second kappa shape index (κ2) is 4.38. The van der Waals surface area contributed by atoms with E-state index < -0.39 is 11.7 Å². The molecule has 0 atom stereocenters. The zero-order chi connectivity index (χ0) is 11.6. The standard InChI is InChI=1S/C9H10BrF3N2/c1-3-15(2)8-7(10)4-6(5-14-8)9(11,12)13/h4-5H,3H2,1-2H3. The molecule has 1 aromatic rings. The molecule has 0 aliphatic heterocycles. The number of anilines is 1. The van der Waals surface area contributed by atoms with Gasteiger partial charge in [-0.3, -0.25) is 0 Å². The fraction of sp³-hybridized carbons (Fsp3) is 0.444. The summed E-state index contributed by atoms with van der Waals surface area (Å²) in [4.78, 5) is 5.53. The van der Waals surface area contributed by atoms with Gasteiger partial charge in [0.05, 0.1) is 10.0 Å². The molecule has 0 aliphatic rings. The molecule has 0 saturated heterocycles. The summed E-state index contributed by atoms with van der Waals surface area (Å²) in [6, 6.07) is 1.04. The number of hydrogen-bond donors (Lipinski definition) is 0. The molecule has 84 valence electrons. The van der Waals surface area contributed by atoms with Gasteiger partial charge in [-0.15, -0.1) is 0 Å². The summed E-state index contributed by atoms with van der Waals surface area (Å²) in [7, 11) is 1.76. The molecule has 1 aromatic heterocycles. The molecule has 0 N–H and O–H groups in total. The highest BCUT2D eigenvalue weighted by atomic mass is 79.9. The van der Waals surface area contributed by atoms with Gasteiger partial charge in [0.15, 0.2) is 0 Å². The molecule has 0 bridgehead atoms. The summed E-state index contributed by atoms with van der Waals surface area (Å²) in [5.41, 5.74) is -0.748. The highest BCUT2D eigenvalue weighted by molar-refractivity contribution is 9.10. The first kappa shape index (κ1) is 12.3. The largest absolute Gasteiger partial charge is 0.417 e. The number of hydrogen-bond acceptors (Lipinski definition) is 2. The number of rotatable bonds is 2. The smallest absolute Gasteiger partial charge is 0.359 e. The van der Waals surface area contributed by atoms with E-state index in [-0.39, 0.29) is 0 Å². The van der Waals surface area contributed by atoms with Crippen LogP contribution in [0, 0.1) is 0 Å². The van der Waals surface area contributed by atoms with Crippen molar-refractivity contribution in [3.05, 3.63) is 22.3 Å². The Balaban J connectivity index is 3.09. The highest BCUT2D eigenvalue weighted by Gasteiger charge is 2.31. The van der Waals surface area contributed by atoms with Gasteiger partial charge in [-0.1, -0.05) is 0 Å². The number of alkyl halides is 3. The lowest BCUT2D eigenvalue weighted by atomic mass is 10.3. The topological polar surface area (TPSA) is 16.1 Å². The maximum absolute atomic E-state index is 12.3. The minimum Gasteiger partial charge on any atom is -0.359 e. The lowest BCUT2D eigenvalue weighted by Gasteiger charge is -2.18. The molecule has 6 heteroatoms. The van der Waals surface area contributed by atoms with E-state index in [2.05, 4.69) is 20.9 Å². The van der Waals surface area contributed by atoms with Gasteiger partial charge >= 0.3 is 6.18 Å². The molecule has 0 aliphatic carbocycles. The Kier molecular flexibility index (Phi) is 3.59. The van der Waals surface area contributed by atoms with Crippen LogP contribution in [0.15, 0.2) is 16.7 Å². The van der Waals surface area contributed by atoms with Gasteiger partial charge in [0, 0.05) is 19.8 Å². The van der Waals surface area contributed by atoms with Crippen LogP contribution in [0.3, 0.4) is 0 Å². The summed E-state index contributed by atoms with van der Waals surface area (Å²) < 4.78 is 37.3. The van der Waals surface area contributed by atoms with E-state index >= 15 is 0 Å². The summed E-state index contributed by atoms with van der Waals surface area (Å²) in [6.45, 7) is 2.57. The zero-order valence-corrected chi connectivity index (χ0v) is 9.85. The van der Waals surface area contributed by atoms with Crippen LogP contribution in [0.2, 0.25) is 0 Å². The number of halogens is 4. The molecule has 0 radical (unpaired) electrons. The van der Waals surface area contributed by atoms with E-state index in [4.69, 9.17) is 0 Å². The van der Waals surface area contributed by atoms with Crippen molar-refractivity contribution in [2.75, 3.05) is 18.5 Å². The van der Waals surface area contributed by atoms with Crippen LogP contribution in [-0.4, -0.2) is 18.6 Å². The fourth-order valence-corrected chi connectivity index (χ4v) is 1.67. The van der Waals surface area contributed by atoms with Crippen molar-refractivity contribution in [2.24, 2.45) is 0 Å². The third-order valence-electron chi connectivity index (χ3n) is 1.98. The molecule has 1 rings (SSSR count). The van der Waals surface area contributed by atoms with Crippen molar-refractivity contribution >= 4 is 21.7 Å². The van der Waals surface area contributed by atoms with Crippen molar-refractivity contribution < 1.29 is 13.2 Å². The van der Waals surface area contributed by atoms with Crippen LogP contribution in [0.5, 0.6) is 0 Å². The van der Waals surface area contributed by atoms with Gasteiger partial charge in [-0.05, 0) is 28.9 Å². The van der Waals surface area contributed by atoms with Crippen molar-refractivity contribution in [3.63, 3.8) is 0 Å². The predicted molar refractivity (Wildman–Crippen MR) is 55.9 cm³/mol. The van der Waals surface area contributed by atoms with Gasteiger partial charge in [-0.2, -0.15) is 13.2 Å². The van der Waals surface area contributed by atoms with E-state index in [0.29, 0.717) is 16.8 Å². The maximum atomic E-state index is 12.3. The minimum absolute atomic E-state index is 0.349. The monoisotopic (exact) mass is 282 g/mol. The van der Waals surface area contributed by atoms with Gasteiger partial charge in [0.2, 0.25) is 0 Å². The average Bonchev–Trinajstić information content (AvgIpc) is 2.15. The molecule has 0 aromatic carbocycles. The third-order valence-corrected chi connectivity index (χ3v) is 2.57. The van der Waals surface area contributed by atoms with Crippen LogP contribution in [-0.2, 0) is 6.18 Å². The lowest BCUT2D eigenvalue weighted by Crippen LogP contribution is -2.18. The normalized spacial score (nSPS) is 11.6. The predicted octanol–water partition coefficient (Wildman–Crippen LogP) is 3.32. The second-order valence-corrected chi connectivity index (χ2v) is 3.90. The van der Waals surface area contributed by atoms with Crippen LogP contribution in [0.1, 0.15) is 12.5 Å². The van der Waals surface area contributed by atoms with E-state index in [0.717, 1.165) is 12.3 Å². The van der Waals surface area contributed by atoms with Crippen molar-refractivity contribution in [1.29, 1.82) is 0 Å². The fourth-order valence-electron chi connectivity index (χ4n) is 1.02. The number of nitrogens with zero attached hydrogens (tertiary/aromatic N) is 2. The number of pyridine rings is 1. The molecule has 0 amide bonds. The van der Waals surface area contributed by atoms with E-state index in [1.807, 2.05) is 6.92 Å². The zero-order valence-electron chi connectivity index (χ0n) is 8.27. The van der Waals surface area contributed by atoms with Gasteiger partial charge in [0.25, 0.3) is 0 Å². The molecule has 0 spiro atoms. The molecule has 0 saturated carbocycles. The Labute approximate surface area is 94.2 Å². The van der Waals surface area contributed by atoms with Crippen molar-refractivity contribution in [1.82, 2.24) is 4.98 Å². The van der Waals surface area contributed by atoms with Crippen molar-refractivity contribution in [2.45, 2.75) is 13.1 Å². The molecule has 15 heavy (non-hydrogen) atoms. The second-order valence-electron chi connectivity index (χ2n) is 3.04. The molecule has 0 fully saturated rings. The first-order valence-electron chi connectivity index (χ1n) is 4.30. The average molecular weight is 283 g/mol. The molecule has 1 heterocycles. The van der Waals surface area contributed by atoms with Crippen LogP contribution >= 0.6 is 15.9 Å².